The van der Waals surface area contributed by atoms with Crippen molar-refractivity contribution in [2.45, 2.75) is 0 Å². The molecule has 0 unspecified atom stereocenters. The number of nitrogens with one attached hydrogen (secondary N) is 1. The SMILES string of the molecule is N#Cc1c[nH]c(C(N)=S)c1. The topological polar surface area (TPSA) is 65.6 Å². The molecule has 0 saturated carbocycles. The molecule has 0 spiro atoms. The van der Waals surface area contributed by atoms with E-state index in [0.29, 0.717) is 11.3 Å². The highest BCUT2D eigenvalue weighted by molar-refractivity contribution is 7.80. The number of thiocarbonyl (C=S) groups is 1. The summed E-state index contributed by atoms with van der Waals surface area (Å²) in [6.07, 6.45) is 1.56. The average Bonchev–Trinajstić information content (AvgIpc) is 2.34. The second-order valence-corrected chi connectivity index (χ2v) is 2.22. The molecule has 1 aromatic rings. The molecule has 1 aromatic heterocycles. The predicted molar refractivity (Wildman–Crippen MR) is 41.4 cm³/mol. The van der Waals surface area contributed by atoms with Gasteiger partial charge in [0.1, 0.15) is 11.1 Å². The van der Waals surface area contributed by atoms with E-state index in [1.807, 2.05) is 6.07 Å². The summed E-state index contributed by atoms with van der Waals surface area (Å²) < 4.78 is 0. The summed E-state index contributed by atoms with van der Waals surface area (Å²) in [5.74, 6) is 0. The van der Waals surface area contributed by atoms with Gasteiger partial charge in [-0.05, 0) is 6.07 Å². The minimum absolute atomic E-state index is 0.279. The van der Waals surface area contributed by atoms with Gasteiger partial charge >= 0.3 is 0 Å². The summed E-state index contributed by atoms with van der Waals surface area (Å²) in [6.45, 7) is 0. The number of H-pyrrole nitrogens is 1. The molecule has 0 bridgehead atoms. The van der Waals surface area contributed by atoms with E-state index in [9.17, 15) is 0 Å². The number of nitriles is 1. The molecule has 4 heteroatoms. The standard InChI is InChI=1S/C6H5N3S/c7-2-4-1-5(6(8)10)9-3-4/h1,3,9H,(H2,8,10). The van der Waals surface area contributed by atoms with Gasteiger partial charge in [0, 0.05) is 6.20 Å². The summed E-state index contributed by atoms with van der Waals surface area (Å²) >= 11 is 4.66. The molecule has 0 aliphatic rings. The fourth-order valence-electron chi connectivity index (χ4n) is 0.601. The van der Waals surface area contributed by atoms with Crippen molar-refractivity contribution in [3.8, 4) is 6.07 Å². The molecule has 1 rings (SSSR count). The van der Waals surface area contributed by atoms with E-state index in [0.717, 1.165) is 0 Å². The Labute approximate surface area is 63.5 Å². The average molecular weight is 151 g/mol. The van der Waals surface area contributed by atoms with Gasteiger partial charge in [0.05, 0.1) is 11.3 Å². The van der Waals surface area contributed by atoms with E-state index in [2.05, 4.69) is 17.2 Å². The zero-order chi connectivity index (χ0) is 7.56. The number of rotatable bonds is 1. The Bertz CT molecular complexity index is 294. The van der Waals surface area contributed by atoms with Gasteiger partial charge in [-0.25, -0.2) is 0 Å². The first kappa shape index (κ1) is 6.78. The third-order valence-electron chi connectivity index (χ3n) is 1.08. The molecule has 50 valence electrons. The third kappa shape index (κ3) is 1.14. The first-order valence-corrected chi connectivity index (χ1v) is 3.03. The van der Waals surface area contributed by atoms with Crippen LogP contribution in [0.1, 0.15) is 11.3 Å². The molecule has 0 fully saturated rings. The second kappa shape index (κ2) is 2.50. The van der Waals surface area contributed by atoms with E-state index >= 15 is 0 Å². The molecule has 0 atom stereocenters. The molecule has 1 heterocycles. The maximum Gasteiger partial charge on any atom is 0.120 e. The molecular weight excluding hydrogens is 146 g/mol. The fraction of sp³-hybridized carbons (Fsp3) is 0. The fourth-order valence-corrected chi connectivity index (χ4v) is 0.719. The van der Waals surface area contributed by atoms with Crippen molar-refractivity contribution in [1.82, 2.24) is 4.98 Å². The maximum atomic E-state index is 8.38. The lowest BCUT2D eigenvalue weighted by Crippen LogP contribution is -2.09. The van der Waals surface area contributed by atoms with Crippen LogP contribution in [0.5, 0.6) is 0 Å². The Kier molecular flexibility index (Phi) is 1.69. The molecule has 0 aliphatic carbocycles. The predicted octanol–water partition coefficient (Wildman–Crippen LogP) is 0.521. The zero-order valence-electron chi connectivity index (χ0n) is 5.09. The summed E-state index contributed by atoms with van der Waals surface area (Å²) in [4.78, 5) is 3.05. The maximum absolute atomic E-state index is 8.38. The molecule has 3 N–H and O–H groups in total. The number of aromatic nitrogens is 1. The van der Waals surface area contributed by atoms with Crippen LogP contribution < -0.4 is 5.73 Å². The van der Waals surface area contributed by atoms with Crippen molar-refractivity contribution in [3.63, 3.8) is 0 Å². The van der Waals surface area contributed by atoms with Crippen LogP contribution in [0.2, 0.25) is 0 Å². The zero-order valence-corrected chi connectivity index (χ0v) is 5.90. The van der Waals surface area contributed by atoms with Gasteiger partial charge in [-0.15, -0.1) is 0 Å². The van der Waals surface area contributed by atoms with E-state index in [-0.39, 0.29) is 4.99 Å². The Hall–Kier alpha value is -1.34. The summed E-state index contributed by atoms with van der Waals surface area (Å²) in [5, 5.41) is 8.38. The molecule has 0 aromatic carbocycles. The van der Waals surface area contributed by atoms with Gasteiger partial charge in [0.2, 0.25) is 0 Å². The number of nitrogens with zero attached hydrogens (tertiary/aromatic N) is 1. The minimum atomic E-state index is 0.279. The molecule has 0 radical (unpaired) electrons. The van der Waals surface area contributed by atoms with Crippen LogP contribution in [0.3, 0.4) is 0 Å². The van der Waals surface area contributed by atoms with Crippen molar-refractivity contribution in [1.29, 1.82) is 5.26 Å². The Balaban J connectivity index is 3.02. The Morgan fingerprint density at radius 2 is 2.50 bits per heavy atom. The van der Waals surface area contributed by atoms with Crippen molar-refractivity contribution < 1.29 is 0 Å². The third-order valence-corrected chi connectivity index (χ3v) is 1.30. The van der Waals surface area contributed by atoms with Gasteiger partial charge in [0.15, 0.2) is 0 Å². The smallest absolute Gasteiger partial charge is 0.120 e. The van der Waals surface area contributed by atoms with Gasteiger partial charge in [-0.2, -0.15) is 5.26 Å². The largest absolute Gasteiger partial charge is 0.388 e. The van der Waals surface area contributed by atoms with Gasteiger partial charge < -0.3 is 10.7 Å². The first-order valence-electron chi connectivity index (χ1n) is 2.62. The molecule has 3 nitrogen and oxygen atoms in total. The van der Waals surface area contributed by atoms with Crippen molar-refractivity contribution in [3.05, 3.63) is 23.5 Å². The highest BCUT2D eigenvalue weighted by Gasteiger charge is 1.98. The highest BCUT2D eigenvalue weighted by atomic mass is 32.1. The van der Waals surface area contributed by atoms with Gasteiger partial charge in [-0.1, -0.05) is 12.2 Å². The van der Waals surface area contributed by atoms with E-state index < -0.39 is 0 Å². The van der Waals surface area contributed by atoms with Crippen LogP contribution in [0.4, 0.5) is 0 Å². The quantitative estimate of drug-likeness (QED) is 0.575. The van der Waals surface area contributed by atoms with Gasteiger partial charge in [-0.3, -0.25) is 0 Å². The van der Waals surface area contributed by atoms with E-state index in [1.54, 1.807) is 12.3 Å². The van der Waals surface area contributed by atoms with Crippen LogP contribution in [0, 0.1) is 11.3 Å². The molecular formula is C6H5N3S. The lowest BCUT2D eigenvalue weighted by Gasteiger charge is -1.86. The molecule has 10 heavy (non-hydrogen) atoms. The monoisotopic (exact) mass is 151 g/mol. The second-order valence-electron chi connectivity index (χ2n) is 1.78. The van der Waals surface area contributed by atoms with Crippen molar-refractivity contribution in [2.24, 2.45) is 5.73 Å². The number of hydrogen-bond acceptors (Lipinski definition) is 2. The normalized spacial score (nSPS) is 8.70. The Morgan fingerprint density at radius 1 is 1.80 bits per heavy atom. The molecule has 0 amide bonds. The molecule has 0 saturated heterocycles. The lowest BCUT2D eigenvalue weighted by molar-refractivity contribution is 1.37. The molecule has 0 aliphatic heterocycles. The van der Waals surface area contributed by atoms with Crippen molar-refractivity contribution >= 4 is 17.2 Å². The van der Waals surface area contributed by atoms with Crippen LogP contribution in [-0.2, 0) is 0 Å². The van der Waals surface area contributed by atoms with E-state index in [1.165, 1.54) is 0 Å². The van der Waals surface area contributed by atoms with Crippen molar-refractivity contribution in [2.75, 3.05) is 0 Å². The van der Waals surface area contributed by atoms with Crippen LogP contribution in [0.15, 0.2) is 12.3 Å². The first-order chi connectivity index (χ1) is 4.74. The summed E-state index contributed by atoms with van der Waals surface area (Å²) in [5.41, 5.74) is 6.45. The van der Waals surface area contributed by atoms with E-state index in [4.69, 9.17) is 11.0 Å². The summed E-state index contributed by atoms with van der Waals surface area (Å²) in [7, 11) is 0. The van der Waals surface area contributed by atoms with Crippen LogP contribution in [-0.4, -0.2) is 9.97 Å². The van der Waals surface area contributed by atoms with Gasteiger partial charge in [0.25, 0.3) is 0 Å². The van der Waals surface area contributed by atoms with Crippen LogP contribution in [0.25, 0.3) is 0 Å². The Morgan fingerprint density at radius 3 is 2.80 bits per heavy atom. The lowest BCUT2D eigenvalue weighted by atomic mass is 10.3. The minimum Gasteiger partial charge on any atom is -0.388 e. The van der Waals surface area contributed by atoms with Crippen LogP contribution >= 0.6 is 12.2 Å². The number of aromatic amines is 1. The highest BCUT2D eigenvalue weighted by Crippen LogP contribution is 2.00. The summed E-state index contributed by atoms with van der Waals surface area (Å²) in [6, 6.07) is 3.57. The number of nitrogens with two attached hydrogens (primary N) is 1. The number of hydrogen-bond donors (Lipinski definition) is 2.